The van der Waals surface area contributed by atoms with Crippen molar-refractivity contribution in [3.63, 3.8) is 0 Å². The largest absolute Gasteiger partial charge is 0.327 e. The maximum atomic E-state index is 12.7. The molecule has 2 nitrogen and oxygen atoms in total. The van der Waals surface area contributed by atoms with Crippen molar-refractivity contribution >= 4 is 24.9 Å². The molecule has 0 saturated carbocycles. The molecular formula is C20H26ClO2P. The molecule has 4 heteroatoms. The minimum Gasteiger partial charge on any atom is -0.327 e. The van der Waals surface area contributed by atoms with Crippen LogP contribution in [0, 0.1) is 5.92 Å². The van der Waals surface area contributed by atoms with Gasteiger partial charge in [0.05, 0.1) is 6.61 Å². The van der Waals surface area contributed by atoms with Gasteiger partial charge in [0.2, 0.25) is 8.03 Å². The van der Waals surface area contributed by atoms with Gasteiger partial charge in [-0.2, -0.15) is 0 Å². The van der Waals surface area contributed by atoms with E-state index < -0.39 is 8.03 Å². The minimum absolute atomic E-state index is 0.169. The molecule has 2 unspecified atom stereocenters. The molecule has 24 heavy (non-hydrogen) atoms. The molecule has 0 saturated heterocycles. The lowest BCUT2D eigenvalue weighted by Gasteiger charge is -2.24. The first-order chi connectivity index (χ1) is 11.5. The first-order valence-electron chi connectivity index (χ1n) is 8.56. The summed E-state index contributed by atoms with van der Waals surface area (Å²) in [6, 6.07) is 15.9. The quantitative estimate of drug-likeness (QED) is 0.421. The molecule has 0 bridgehead atoms. The van der Waals surface area contributed by atoms with Crippen LogP contribution in [0.25, 0.3) is 0 Å². The highest BCUT2D eigenvalue weighted by Gasteiger charge is 2.23. The van der Waals surface area contributed by atoms with Crippen LogP contribution in [0.1, 0.15) is 50.7 Å². The van der Waals surface area contributed by atoms with Crippen LogP contribution in [0.15, 0.2) is 48.5 Å². The SMILES string of the molecule is CCCCO[PH](=O)c1ccccc1C(c1ccc(Cl)cc1)C(C)C. The third-order valence-corrected chi connectivity index (χ3v) is 5.76. The van der Waals surface area contributed by atoms with E-state index in [4.69, 9.17) is 16.1 Å². The Labute approximate surface area is 151 Å². The number of hydrogen-bond donors (Lipinski definition) is 0. The lowest BCUT2D eigenvalue weighted by Crippen LogP contribution is -2.17. The number of benzene rings is 2. The van der Waals surface area contributed by atoms with E-state index in [1.54, 1.807) is 0 Å². The van der Waals surface area contributed by atoms with Crippen LogP contribution in [0.2, 0.25) is 5.02 Å². The Morgan fingerprint density at radius 2 is 1.75 bits per heavy atom. The van der Waals surface area contributed by atoms with Gasteiger partial charge in [-0.3, -0.25) is 4.57 Å². The molecule has 0 N–H and O–H groups in total. The molecule has 0 heterocycles. The summed E-state index contributed by atoms with van der Waals surface area (Å²) in [5.74, 6) is 0.542. The highest BCUT2D eigenvalue weighted by molar-refractivity contribution is 7.48. The zero-order valence-electron chi connectivity index (χ0n) is 14.6. The van der Waals surface area contributed by atoms with E-state index in [0.29, 0.717) is 12.5 Å². The normalized spacial score (nSPS) is 13.9. The Morgan fingerprint density at radius 3 is 2.38 bits per heavy atom. The molecule has 0 aliphatic heterocycles. The van der Waals surface area contributed by atoms with E-state index in [2.05, 4.69) is 39.0 Å². The van der Waals surface area contributed by atoms with Crippen LogP contribution in [-0.4, -0.2) is 6.61 Å². The number of halogens is 1. The van der Waals surface area contributed by atoms with E-state index >= 15 is 0 Å². The Kier molecular flexibility index (Phi) is 7.55. The highest BCUT2D eigenvalue weighted by atomic mass is 35.5. The molecule has 0 aromatic heterocycles. The van der Waals surface area contributed by atoms with Gasteiger partial charge in [-0.05, 0) is 41.7 Å². The Morgan fingerprint density at radius 1 is 1.08 bits per heavy atom. The number of rotatable bonds is 8. The van der Waals surface area contributed by atoms with Crippen molar-refractivity contribution in [2.45, 2.75) is 39.5 Å². The molecule has 0 spiro atoms. The second kappa shape index (κ2) is 9.42. The molecule has 2 rings (SSSR count). The average molecular weight is 365 g/mol. The van der Waals surface area contributed by atoms with Crippen LogP contribution in [0.4, 0.5) is 0 Å². The topological polar surface area (TPSA) is 26.3 Å². The van der Waals surface area contributed by atoms with E-state index in [9.17, 15) is 4.57 Å². The van der Waals surface area contributed by atoms with E-state index in [1.807, 2.05) is 30.3 Å². The summed E-state index contributed by atoms with van der Waals surface area (Å²) < 4.78 is 18.3. The molecule has 2 atom stereocenters. The van der Waals surface area contributed by atoms with Crippen molar-refractivity contribution in [2.75, 3.05) is 6.61 Å². The van der Waals surface area contributed by atoms with Gasteiger partial charge in [0.25, 0.3) is 0 Å². The van der Waals surface area contributed by atoms with E-state index in [1.165, 1.54) is 5.56 Å². The summed E-state index contributed by atoms with van der Waals surface area (Å²) in [5, 5.41) is 1.57. The van der Waals surface area contributed by atoms with Crippen molar-refractivity contribution in [3.05, 3.63) is 64.7 Å². The van der Waals surface area contributed by atoms with Crippen LogP contribution < -0.4 is 5.30 Å². The lowest BCUT2D eigenvalue weighted by atomic mass is 9.82. The molecule has 0 fully saturated rings. The highest BCUT2D eigenvalue weighted by Crippen LogP contribution is 2.35. The Balaban J connectivity index is 2.37. The van der Waals surface area contributed by atoms with Gasteiger partial charge in [0.1, 0.15) is 0 Å². The molecule has 2 aromatic rings. The van der Waals surface area contributed by atoms with Gasteiger partial charge in [-0.1, -0.05) is 69.1 Å². The predicted molar refractivity (Wildman–Crippen MR) is 104 cm³/mol. The van der Waals surface area contributed by atoms with Gasteiger partial charge in [-0.15, -0.1) is 0 Å². The van der Waals surface area contributed by atoms with Crippen LogP contribution >= 0.6 is 19.6 Å². The number of unbranched alkanes of at least 4 members (excludes halogenated alkanes) is 1. The zero-order valence-corrected chi connectivity index (χ0v) is 16.3. The molecule has 2 aromatic carbocycles. The van der Waals surface area contributed by atoms with E-state index in [0.717, 1.165) is 28.7 Å². The van der Waals surface area contributed by atoms with Crippen LogP contribution in [0.3, 0.4) is 0 Å². The first-order valence-corrected chi connectivity index (χ1v) is 10.3. The third kappa shape index (κ3) is 4.96. The van der Waals surface area contributed by atoms with Crippen molar-refractivity contribution < 1.29 is 9.09 Å². The fourth-order valence-corrected chi connectivity index (χ4v) is 4.25. The van der Waals surface area contributed by atoms with Gasteiger partial charge in [0, 0.05) is 16.2 Å². The van der Waals surface area contributed by atoms with Crippen LogP contribution in [0.5, 0.6) is 0 Å². The lowest BCUT2D eigenvalue weighted by molar-refractivity contribution is 0.326. The maximum absolute atomic E-state index is 12.7. The Bertz CT molecular complexity index is 668. The Hall–Kier alpha value is -1.08. The monoisotopic (exact) mass is 364 g/mol. The summed E-state index contributed by atoms with van der Waals surface area (Å²) in [5.41, 5.74) is 2.28. The summed E-state index contributed by atoms with van der Waals surface area (Å²) in [6.07, 6.45) is 1.97. The van der Waals surface area contributed by atoms with Crippen molar-refractivity contribution in [1.29, 1.82) is 0 Å². The summed E-state index contributed by atoms with van der Waals surface area (Å²) in [6.45, 7) is 7.02. The molecule has 130 valence electrons. The third-order valence-electron chi connectivity index (χ3n) is 4.14. The summed E-state index contributed by atoms with van der Waals surface area (Å²) in [7, 11) is -2.24. The fraction of sp³-hybridized carbons (Fsp3) is 0.400. The van der Waals surface area contributed by atoms with Crippen molar-refractivity contribution in [3.8, 4) is 0 Å². The summed E-state index contributed by atoms with van der Waals surface area (Å²) >= 11 is 6.03. The van der Waals surface area contributed by atoms with Gasteiger partial charge >= 0.3 is 0 Å². The van der Waals surface area contributed by atoms with E-state index in [-0.39, 0.29) is 5.92 Å². The maximum Gasteiger partial charge on any atom is 0.220 e. The smallest absolute Gasteiger partial charge is 0.220 e. The fourth-order valence-electron chi connectivity index (χ4n) is 2.93. The minimum atomic E-state index is -2.24. The van der Waals surface area contributed by atoms with Gasteiger partial charge < -0.3 is 4.52 Å². The second-order valence-corrected chi connectivity index (χ2v) is 8.19. The predicted octanol–water partition coefficient (Wildman–Crippen LogP) is 6.04. The summed E-state index contributed by atoms with van der Waals surface area (Å²) in [4.78, 5) is 0. The van der Waals surface area contributed by atoms with Crippen molar-refractivity contribution in [2.24, 2.45) is 5.92 Å². The second-order valence-electron chi connectivity index (χ2n) is 6.35. The standard InChI is InChI=1S/C20H26ClO2P/c1-4-5-14-23-24(22)19-9-7-6-8-18(19)20(15(2)3)16-10-12-17(21)13-11-16/h6-13,15,20,24H,4-5,14H2,1-3H3. The van der Waals surface area contributed by atoms with Gasteiger partial charge in [-0.25, -0.2) is 0 Å². The average Bonchev–Trinajstić information content (AvgIpc) is 2.57. The first kappa shape index (κ1) is 19.2. The van der Waals surface area contributed by atoms with Crippen LogP contribution in [-0.2, 0) is 9.09 Å². The molecule has 0 aliphatic rings. The zero-order chi connectivity index (χ0) is 17.5. The molecule has 0 amide bonds. The molecular weight excluding hydrogens is 339 g/mol. The van der Waals surface area contributed by atoms with Crippen molar-refractivity contribution in [1.82, 2.24) is 0 Å². The van der Waals surface area contributed by atoms with Gasteiger partial charge in [0.15, 0.2) is 0 Å². The molecule has 0 radical (unpaired) electrons. The number of hydrogen-bond acceptors (Lipinski definition) is 2. The molecule has 0 aliphatic carbocycles.